The van der Waals surface area contributed by atoms with E-state index in [9.17, 15) is 9.59 Å². The fourth-order valence-electron chi connectivity index (χ4n) is 2.53. The van der Waals surface area contributed by atoms with Crippen molar-refractivity contribution in [3.05, 3.63) is 23.8 Å². The molecule has 8 nitrogen and oxygen atoms in total. The zero-order valence-electron chi connectivity index (χ0n) is 12.4. The molecule has 1 saturated heterocycles. The van der Waals surface area contributed by atoms with Crippen LogP contribution in [0.15, 0.2) is 18.2 Å². The minimum atomic E-state index is -0.544. The van der Waals surface area contributed by atoms with E-state index < -0.39 is 5.91 Å². The normalized spacial score (nSPS) is 22.6. The lowest BCUT2D eigenvalue weighted by atomic mass is 10.1. The van der Waals surface area contributed by atoms with Crippen LogP contribution in [-0.4, -0.2) is 50.6 Å². The summed E-state index contributed by atoms with van der Waals surface area (Å²) in [5.74, 6) is 0.341. The van der Waals surface area contributed by atoms with Gasteiger partial charge in [0.25, 0.3) is 5.91 Å². The molecule has 0 spiro atoms. The van der Waals surface area contributed by atoms with Crippen molar-refractivity contribution in [2.45, 2.75) is 18.6 Å². The summed E-state index contributed by atoms with van der Waals surface area (Å²) in [5.41, 5.74) is 5.54. The largest absolute Gasteiger partial charge is 0.454 e. The molecule has 1 fully saturated rings. The number of nitrogens with two attached hydrogens (primary N) is 1. The molecule has 0 unspecified atom stereocenters. The van der Waals surface area contributed by atoms with E-state index in [4.69, 9.17) is 24.7 Å². The molecule has 2 amide bonds. The minimum absolute atomic E-state index is 0.153. The number of carbonyl (C=O) groups is 2. The second kappa shape index (κ2) is 6.84. The third-order valence-electron chi connectivity index (χ3n) is 3.68. The van der Waals surface area contributed by atoms with Crippen molar-refractivity contribution in [1.29, 1.82) is 0 Å². The van der Waals surface area contributed by atoms with E-state index in [0.717, 1.165) is 0 Å². The Kier molecular flexibility index (Phi) is 4.63. The molecule has 0 aromatic heterocycles. The summed E-state index contributed by atoms with van der Waals surface area (Å²) in [7, 11) is 0. The van der Waals surface area contributed by atoms with Gasteiger partial charge >= 0.3 is 0 Å². The van der Waals surface area contributed by atoms with Crippen molar-refractivity contribution in [3.63, 3.8) is 0 Å². The Bertz CT molecular complexity index is 606. The summed E-state index contributed by atoms with van der Waals surface area (Å²) in [5, 5.41) is 2.86. The van der Waals surface area contributed by atoms with E-state index in [1.807, 2.05) is 0 Å². The Hall–Kier alpha value is -2.32. The van der Waals surface area contributed by atoms with E-state index in [1.165, 1.54) is 0 Å². The van der Waals surface area contributed by atoms with Crippen molar-refractivity contribution in [2.75, 3.05) is 26.6 Å². The van der Waals surface area contributed by atoms with E-state index in [1.54, 1.807) is 18.2 Å². The minimum Gasteiger partial charge on any atom is -0.454 e. The standard InChI is InChI=1S/C15H18N2O6/c16-14(18)7-21-11-3-4-20-6-10(11)17-15(19)9-1-2-12-13(5-9)23-8-22-12/h1-2,5,10-11H,3-4,6-8H2,(H2,16,18)(H,17,19)/t10-,11+/m1/s1. The van der Waals surface area contributed by atoms with Crippen LogP contribution < -0.4 is 20.5 Å². The Morgan fingerprint density at radius 3 is 2.96 bits per heavy atom. The number of benzene rings is 1. The quantitative estimate of drug-likeness (QED) is 0.777. The molecule has 3 rings (SSSR count). The molecule has 0 bridgehead atoms. The molecule has 1 aromatic carbocycles. The molecule has 2 heterocycles. The fourth-order valence-corrected chi connectivity index (χ4v) is 2.53. The maximum Gasteiger partial charge on any atom is 0.251 e. The Balaban J connectivity index is 1.64. The van der Waals surface area contributed by atoms with Crippen molar-refractivity contribution in [2.24, 2.45) is 5.73 Å². The number of rotatable bonds is 5. The van der Waals surface area contributed by atoms with Crippen LogP contribution in [0.2, 0.25) is 0 Å². The molecule has 0 saturated carbocycles. The Morgan fingerprint density at radius 1 is 1.30 bits per heavy atom. The molecule has 124 valence electrons. The maximum absolute atomic E-state index is 12.4. The van der Waals surface area contributed by atoms with Crippen LogP contribution in [0, 0.1) is 0 Å². The van der Waals surface area contributed by atoms with Gasteiger partial charge in [-0.25, -0.2) is 0 Å². The topological polar surface area (TPSA) is 109 Å². The summed E-state index contributed by atoms with van der Waals surface area (Å²) in [4.78, 5) is 23.2. The molecule has 8 heteroatoms. The summed E-state index contributed by atoms with van der Waals surface area (Å²) in [6, 6.07) is 4.63. The Morgan fingerprint density at radius 2 is 2.13 bits per heavy atom. The summed E-state index contributed by atoms with van der Waals surface area (Å²) >= 11 is 0. The SMILES string of the molecule is NC(=O)CO[C@H]1CCOC[C@H]1NC(=O)c1ccc2c(c1)OCO2. The van der Waals surface area contributed by atoms with E-state index >= 15 is 0 Å². The molecule has 2 aliphatic heterocycles. The molecular weight excluding hydrogens is 304 g/mol. The average Bonchev–Trinajstić information content (AvgIpc) is 3.01. The smallest absolute Gasteiger partial charge is 0.251 e. The summed E-state index contributed by atoms with van der Waals surface area (Å²) < 4.78 is 21.3. The van der Waals surface area contributed by atoms with Gasteiger partial charge in [-0.05, 0) is 24.6 Å². The number of fused-ring (bicyclic) bond motifs is 1. The lowest BCUT2D eigenvalue weighted by Crippen LogP contribution is -2.51. The van der Waals surface area contributed by atoms with Crippen LogP contribution in [0.25, 0.3) is 0 Å². The number of hydrogen-bond donors (Lipinski definition) is 2. The zero-order chi connectivity index (χ0) is 16.2. The molecular formula is C15H18N2O6. The number of primary amides is 1. The van der Waals surface area contributed by atoms with E-state index in [2.05, 4.69) is 5.32 Å². The van der Waals surface area contributed by atoms with Gasteiger partial charge in [-0.3, -0.25) is 9.59 Å². The van der Waals surface area contributed by atoms with Crippen LogP contribution in [0.5, 0.6) is 11.5 Å². The van der Waals surface area contributed by atoms with Gasteiger partial charge in [0.1, 0.15) is 6.61 Å². The number of carbonyl (C=O) groups excluding carboxylic acids is 2. The number of nitrogens with one attached hydrogen (secondary N) is 1. The van der Waals surface area contributed by atoms with E-state index in [-0.39, 0.29) is 31.5 Å². The van der Waals surface area contributed by atoms with Gasteiger partial charge in [0.05, 0.1) is 18.8 Å². The lowest BCUT2D eigenvalue weighted by molar-refractivity contribution is -0.128. The van der Waals surface area contributed by atoms with Crippen molar-refractivity contribution in [1.82, 2.24) is 5.32 Å². The Labute approximate surface area is 132 Å². The summed E-state index contributed by atoms with van der Waals surface area (Å²) in [6.45, 7) is 0.806. The van der Waals surface area contributed by atoms with Gasteiger partial charge in [0.15, 0.2) is 11.5 Å². The second-order valence-corrected chi connectivity index (χ2v) is 5.33. The first-order chi connectivity index (χ1) is 11.1. The summed E-state index contributed by atoms with van der Waals surface area (Å²) in [6.07, 6.45) is 0.272. The lowest BCUT2D eigenvalue weighted by Gasteiger charge is -2.31. The van der Waals surface area contributed by atoms with Gasteiger partial charge in [-0.2, -0.15) is 0 Å². The molecule has 1 aromatic rings. The predicted molar refractivity (Wildman–Crippen MR) is 78.2 cm³/mol. The monoisotopic (exact) mass is 322 g/mol. The first kappa shape index (κ1) is 15.6. The van der Waals surface area contributed by atoms with Gasteiger partial charge < -0.3 is 30.0 Å². The van der Waals surface area contributed by atoms with Crippen LogP contribution in [0.3, 0.4) is 0 Å². The fraction of sp³-hybridized carbons (Fsp3) is 0.467. The van der Waals surface area contributed by atoms with Crippen LogP contribution in [0.4, 0.5) is 0 Å². The molecule has 2 atom stereocenters. The third kappa shape index (κ3) is 3.72. The van der Waals surface area contributed by atoms with Crippen LogP contribution in [0.1, 0.15) is 16.8 Å². The van der Waals surface area contributed by atoms with Gasteiger partial charge in [0, 0.05) is 12.2 Å². The van der Waals surface area contributed by atoms with Crippen molar-refractivity contribution >= 4 is 11.8 Å². The van der Waals surface area contributed by atoms with Gasteiger partial charge in [0.2, 0.25) is 12.7 Å². The van der Waals surface area contributed by atoms with Crippen LogP contribution in [-0.2, 0) is 14.3 Å². The second-order valence-electron chi connectivity index (χ2n) is 5.33. The molecule has 3 N–H and O–H groups in total. The third-order valence-corrected chi connectivity index (χ3v) is 3.68. The first-order valence-electron chi connectivity index (χ1n) is 7.31. The highest BCUT2D eigenvalue weighted by Crippen LogP contribution is 2.32. The molecule has 2 aliphatic rings. The number of ether oxygens (including phenoxy) is 4. The predicted octanol–water partition coefficient (Wildman–Crippen LogP) is -0.196. The highest BCUT2D eigenvalue weighted by Gasteiger charge is 2.29. The van der Waals surface area contributed by atoms with Crippen molar-refractivity contribution in [3.8, 4) is 11.5 Å². The average molecular weight is 322 g/mol. The maximum atomic E-state index is 12.4. The first-order valence-corrected chi connectivity index (χ1v) is 7.31. The molecule has 23 heavy (non-hydrogen) atoms. The van der Waals surface area contributed by atoms with Crippen molar-refractivity contribution < 1.29 is 28.5 Å². The highest BCUT2D eigenvalue weighted by molar-refractivity contribution is 5.95. The van der Waals surface area contributed by atoms with E-state index in [0.29, 0.717) is 36.7 Å². The zero-order valence-corrected chi connectivity index (χ0v) is 12.4. The highest BCUT2D eigenvalue weighted by atomic mass is 16.7. The number of hydrogen-bond acceptors (Lipinski definition) is 6. The number of amides is 2. The molecule has 0 aliphatic carbocycles. The molecule has 0 radical (unpaired) electrons. The van der Waals surface area contributed by atoms with Crippen LogP contribution >= 0.6 is 0 Å². The van der Waals surface area contributed by atoms with Gasteiger partial charge in [-0.1, -0.05) is 0 Å². The van der Waals surface area contributed by atoms with Gasteiger partial charge in [-0.15, -0.1) is 0 Å².